The van der Waals surface area contributed by atoms with Crippen LogP contribution in [-0.2, 0) is 18.7 Å². The van der Waals surface area contributed by atoms with Gasteiger partial charge in [0.2, 0.25) is 11.9 Å². The number of nitrogens with zero attached hydrogens (tertiary/aromatic N) is 6. The molecule has 0 bridgehead atoms. The van der Waals surface area contributed by atoms with Crippen LogP contribution in [0, 0.1) is 30.6 Å². The maximum absolute atomic E-state index is 12.8. The van der Waals surface area contributed by atoms with Crippen LogP contribution in [0.3, 0.4) is 0 Å². The molecule has 79 heavy (non-hydrogen) atoms. The lowest BCUT2D eigenvalue weighted by Gasteiger charge is -2.52. The first kappa shape index (κ1) is 58.0. The SMILES string of the molecule is Cc1cc(Nc2ncc(Cl)c(Nc3ccccc3P(C)(C)=O)n2)ccc1N1CCC2(CC1)CC(CC(=O)OC(C)(C)C)C2.Cc1cc(Nc2ncc(Cl)c(Nc3ccccc3P(C)(C)=O)n2)ccc1N1CCC2(CC1)CC(N)C2. The van der Waals surface area contributed by atoms with Crippen molar-refractivity contribution in [3.8, 4) is 0 Å². The van der Waals surface area contributed by atoms with Gasteiger partial charge in [-0.25, -0.2) is 9.97 Å². The topological polar surface area (TPSA) is 193 Å². The first-order valence-corrected chi connectivity index (χ1v) is 33.4. The number of piperidine rings is 2. The number of halogens is 2. The summed E-state index contributed by atoms with van der Waals surface area (Å²) in [5.41, 5.74) is 14.7. The number of para-hydroxylation sites is 2. The molecular formula is C60H77Cl2N11O4P2. The molecule has 2 spiro atoms. The number of aromatic nitrogens is 4. The largest absolute Gasteiger partial charge is 0.460 e. The summed E-state index contributed by atoms with van der Waals surface area (Å²) in [5.74, 6) is 2.14. The Morgan fingerprint density at radius 2 is 1.05 bits per heavy atom. The van der Waals surface area contributed by atoms with Crippen LogP contribution in [0.5, 0.6) is 0 Å². The highest BCUT2D eigenvalue weighted by Crippen LogP contribution is 2.54. The van der Waals surface area contributed by atoms with Crippen molar-refractivity contribution in [2.75, 3.05) is 83.9 Å². The molecule has 420 valence electrons. The molecule has 15 nitrogen and oxygen atoms in total. The molecule has 0 radical (unpaired) electrons. The van der Waals surface area contributed by atoms with Gasteiger partial charge in [-0.15, -0.1) is 0 Å². The monoisotopic (exact) mass is 1150 g/mol. The van der Waals surface area contributed by atoms with Crippen LogP contribution < -0.4 is 47.4 Å². The van der Waals surface area contributed by atoms with Gasteiger partial charge in [0, 0.05) is 72.0 Å². The molecule has 6 aromatic rings. The number of aryl methyl sites for hydroxylation is 2. The molecule has 2 aliphatic heterocycles. The summed E-state index contributed by atoms with van der Waals surface area (Å²) in [5, 5.41) is 15.4. The molecule has 2 saturated carbocycles. The highest BCUT2D eigenvalue weighted by molar-refractivity contribution is 7.70. The van der Waals surface area contributed by atoms with Gasteiger partial charge in [0.1, 0.15) is 29.9 Å². The Hall–Kier alpha value is -5.69. The zero-order chi connectivity index (χ0) is 56.5. The Bertz CT molecular complexity index is 3280. The molecule has 0 amide bonds. The lowest BCUT2D eigenvalue weighted by atomic mass is 9.57. The number of ether oxygens (including phenoxy) is 1. The molecule has 0 unspecified atom stereocenters. The number of esters is 1. The van der Waals surface area contributed by atoms with E-state index < -0.39 is 19.9 Å². The lowest BCUT2D eigenvalue weighted by molar-refractivity contribution is -0.158. The minimum absolute atomic E-state index is 0.0691. The number of nitrogens with two attached hydrogens (primary N) is 1. The minimum Gasteiger partial charge on any atom is -0.460 e. The number of anilines is 10. The summed E-state index contributed by atoms with van der Waals surface area (Å²) in [7, 11) is -4.98. The van der Waals surface area contributed by atoms with E-state index in [1.807, 2.05) is 69.3 Å². The van der Waals surface area contributed by atoms with Crippen LogP contribution in [-0.4, -0.2) is 90.4 Å². The number of carbonyl (C=O) groups excluding carboxylic acids is 1. The number of rotatable bonds is 14. The molecule has 2 aliphatic carbocycles. The number of hydrogen-bond acceptors (Lipinski definition) is 15. The predicted molar refractivity (Wildman–Crippen MR) is 329 cm³/mol. The summed E-state index contributed by atoms with van der Waals surface area (Å²) < 4.78 is 31.1. The normalized spacial score (nSPS) is 17.3. The second-order valence-electron chi connectivity index (χ2n) is 24.2. The quantitative estimate of drug-likeness (QED) is 0.0511. The molecular weight excluding hydrogens is 1070 g/mol. The van der Waals surface area contributed by atoms with Crippen molar-refractivity contribution in [2.45, 2.75) is 104 Å². The van der Waals surface area contributed by atoms with E-state index in [0.717, 1.165) is 79.5 Å². The maximum atomic E-state index is 12.8. The molecule has 4 heterocycles. The average molecular weight is 1150 g/mol. The highest BCUT2D eigenvalue weighted by atomic mass is 35.5. The molecule has 19 heteroatoms. The van der Waals surface area contributed by atoms with Crippen LogP contribution in [0.2, 0.25) is 10.0 Å². The Labute approximate surface area is 476 Å². The third kappa shape index (κ3) is 14.4. The Morgan fingerprint density at radius 3 is 1.43 bits per heavy atom. The summed E-state index contributed by atoms with van der Waals surface area (Å²) >= 11 is 12.8. The van der Waals surface area contributed by atoms with Gasteiger partial charge >= 0.3 is 5.97 Å². The van der Waals surface area contributed by atoms with Gasteiger partial charge < -0.3 is 50.7 Å². The Balaban J connectivity index is 0.000000195. The van der Waals surface area contributed by atoms with E-state index in [2.05, 4.69) is 101 Å². The van der Waals surface area contributed by atoms with Crippen LogP contribution in [0.1, 0.15) is 89.7 Å². The molecule has 4 aliphatic rings. The fourth-order valence-electron chi connectivity index (χ4n) is 12.1. The van der Waals surface area contributed by atoms with E-state index in [4.69, 9.17) is 33.7 Å². The highest BCUT2D eigenvalue weighted by Gasteiger charge is 2.47. The van der Waals surface area contributed by atoms with Crippen LogP contribution in [0.25, 0.3) is 0 Å². The first-order valence-electron chi connectivity index (χ1n) is 27.4. The van der Waals surface area contributed by atoms with Crippen LogP contribution in [0.4, 0.5) is 57.7 Å². The third-order valence-electron chi connectivity index (χ3n) is 15.9. The van der Waals surface area contributed by atoms with Crippen molar-refractivity contribution < 1.29 is 18.7 Å². The van der Waals surface area contributed by atoms with E-state index >= 15 is 0 Å². The van der Waals surface area contributed by atoms with Gasteiger partial charge in [0.05, 0.1) is 23.8 Å². The standard InChI is InChI=1S/C33H43ClN5O3P.C27H34ClN6OP/c1-22-17-24(36-31-35-21-25(34)30(38-31)37-26-9-7-8-10-28(26)43(5,6)41)11-12-27(22)39-15-13-33(14-16-39)19-23(20-33)18-29(40)42-32(2,3)4;1-18-14-20(8-9-23(18)34-12-10-27(11-13-34)15-19(29)16-27)31-26-30-17-21(28)25(33-26)32-22-6-4-5-7-24(22)36(2,3)35/h7-12,17,21,23H,13-16,18-20H2,1-6H3,(H2,35,36,37,38);4-9,14,17,19H,10-13,15-16,29H2,1-3H3,(H2,30,31,32,33). The van der Waals surface area contributed by atoms with Gasteiger partial charge in [-0.3, -0.25) is 4.79 Å². The number of benzene rings is 4. The Morgan fingerprint density at radius 1 is 0.646 bits per heavy atom. The number of carbonyl (C=O) groups is 1. The second-order valence-corrected chi connectivity index (χ2v) is 31.4. The summed E-state index contributed by atoms with van der Waals surface area (Å²) in [6.07, 6.45) is 13.0. The Kier molecular flexibility index (Phi) is 17.2. The van der Waals surface area contributed by atoms with E-state index in [1.165, 1.54) is 48.2 Å². The van der Waals surface area contributed by atoms with E-state index in [1.54, 1.807) is 39.1 Å². The summed E-state index contributed by atoms with van der Waals surface area (Å²) in [4.78, 5) is 35.1. The van der Waals surface area contributed by atoms with Gasteiger partial charge in [-0.05, 0) is 201 Å². The number of hydrogen-bond donors (Lipinski definition) is 5. The molecule has 0 atom stereocenters. The smallest absolute Gasteiger partial charge is 0.306 e. The average Bonchev–Trinajstić information content (AvgIpc) is 3.40. The van der Waals surface area contributed by atoms with Crippen LogP contribution in [0.15, 0.2) is 97.3 Å². The van der Waals surface area contributed by atoms with Crippen LogP contribution >= 0.6 is 37.5 Å². The van der Waals surface area contributed by atoms with Crippen molar-refractivity contribution >= 4 is 112 Å². The molecule has 4 aromatic carbocycles. The molecule has 2 saturated heterocycles. The summed E-state index contributed by atoms with van der Waals surface area (Å²) in [6, 6.07) is 28.1. The second kappa shape index (κ2) is 23.4. The van der Waals surface area contributed by atoms with Gasteiger partial charge in [-0.2, -0.15) is 9.97 Å². The number of nitrogens with one attached hydrogen (secondary N) is 4. The maximum Gasteiger partial charge on any atom is 0.306 e. The van der Waals surface area contributed by atoms with Crippen molar-refractivity contribution in [2.24, 2.45) is 22.5 Å². The lowest BCUT2D eigenvalue weighted by Crippen LogP contribution is -2.52. The molecule has 4 fully saturated rings. The molecule has 2 aromatic heterocycles. The molecule has 10 rings (SSSR count). The zero-order valence-corrected chi connectivity index (χ0v) is 50.4. The van der Waals surface area contributed by atoms with E-state index in [0.29, 0.717) is 68.5 Å². The van der Waals surface area contributed by atoms with Crippen molar-refractivity contribution in [1.29, 1.82) is 0 Å². The van der Waals surface area contributed by atoms with Gasteiger partial charge in [-0.1, -0.05) is 47.5 Å². The van der Waals surface area contributed by atoms with Crippen molar-refractivity contribution in [1.82, 2.24) is 19.9 Å². The summed E-state index contributed by atoms with van der Waals surface area (Å²) in [6.45, 7) is 21.2. The van der Waals surface area contributed by atoms with Gasteiger partial charge in [0.15, 0.2) is 11.6 Å². The predicted octanol–water partition coefficient (Wildman–Crippen LogP) is 13.8. The zero-order valence-electron chi connectivity index (χ0n) is 47.1. The molecule has 6 N–H and O–H groups in total. The fraction of sp³-hybridized carbons (Fsp3) is 0.450. The van der Waals surface area contributed by atoms with Crippen molar-refractivity contribution in [3.05, 3.63) is 118 Å². The fourth-order valence-corrected chi connectivity index (χ4v) is 14.6. The van der Waals surface area contributed by atoms with Gasteiger partial charge in [0.25, 0.3) is 0 Å². The minimum atomic E-state index is -2.50. The third-order valence-corrected chi connectivity index (χ3v) is 19.6. The van der Waals surface area contributed by atoms with E-state index in [-0.39, 0.29) is 5.97 Å². The first-order chi connectivity index (χ1) is 37.3. The van der Waals surface area contributed by atoms with Crippen molar-refractivity contribution in [3.63, 3.8) is 0 Å². The van der Waals surface area contributed by atoms with E-state index in [9.17, 15) is 13.9 Å².